The lowest BCUT2D eigenvalue weighted by Crippen LogP contribution is -2.45. The molecule has 0 bridgehead atoms. The number of carbonyl (C=O) groups excluding carboxylic acids is 1. The molecular formula is C27H31N5O2. The molecular weight excluding hydrogens is 426 g/mol. The average Bonchev–Trinajstić information content (AvgIpc) is 2.84. The van der Waals surface area contributed by atoms with Crippen LogP contribution in [-0.2, 0) is 13.0 Å². The minimum atomic E-state index is 0.0269. The number of hydrogen-bond donors (Lipinski definition) is 0. The maximum atomic E-state index is 13.3. The highest BCUT2D eigenvalue weighted by molar-refractivity contribution is 5.94. The minimum Gasteiger partial charge on any atom is -0.438 e. The van der Waals surface area contributed by atoms with Gasteiger partial charge in [0.05, 0.1) is 17.8 Å². The SMILES string of the molecule is Cc1cccc(Oc2nc(N3CCN(C)CC3)nc3c2CN(C(=O)c2cccc(C)c2)CC3)c1. The Balaban J connectivity index is 1.48. The molecule has 2 aromatic carbocycles. The zero-order chi connectivity index (χ0) is 23.7. The van der Waals surface area contributed by atoms with Gasteiger partial charge in [-0.25, -0.2) is 4.98 Å². The first-order valence-corrected chi connectivity index (χ1v) is 11.9. The number of nitrogens with zero attached hydrogens (tertiary/aromatic N) is 5. The lowest BCUT2D eigenvalue weighted by atomic mass is 10.0. The van der Waals surface area contributed by atoms with E-state index in [1.807, 2.05) is 67.3 Å². The van der Waals surface area contributed by atoms with Crippen LogP contribution in [0.3, 0.4) is 0 Å². The molecule has 0 unspecified atom stereocenters. The van der Waals surface area contributed by atoms with Gasteiger partial charge in [0.25, 0.3) is 5.91 Å². The third kappa shape index (κ3) is 4.75. The summed E-state index contributed by atoms with van der Waals surface area (Å²) in [4.78, 5) is 29.5. The van der Waals surface area contributed by atoms with E-state index >= 15 is 0 Å². The Kier molecular flexibility index (Phi) is 6.20. The molecule has 0 saturated carbocycles. The first-order chi connectivity index (χ1) is 16.5. The predicted molar refractivity (Wildman–Crippen MR) is 133 cm³/mol. The molecule has 1 amide bonds. The van der Waals surface area contributed by atoms with Crippen molar-refractivity contribution in [2.24, 2.45) is 0 Å². The Morgan fingerprint density at radius 2 is 1.65 bits per heavy atom. The predicted octanol–water partition coefficient (Wildman–Crippen LogP) is 3.84. The maximum absolute atomic E-state index is 13.3. The van der Waals surface area contributed by atoms with Crippen molar-refractivity contribution in [3.8, 4) is 11.6 Å². The van der Waals surface area contributed by atoms with Gasteiger partial charge in [-0.15, -0.1) is 0 Å². The summed E-state index contributed by atoms with van der Waals surface area (Å²) >= 11 is 0. The molecule has 0 atom stereocenters. The van der Waals surface area contributed by atoms with Gasteiger partial charge in [-0.3, -0.25) is 4.79 Å². The number of ether oxygens (including phenoxy) is 1. The monoisotopic (exact) mass is 457 g/mol. The van der Waals surface area contributed by atoms with E-state index in [2.05, 4.69) is 16.8 Å². The van der Waals surface area contributed by atoms with Crippen molar-refractivity contribution in [3.63, 3.8) is 0 Å². The number of likely N-dealkylation sites (N-methyl/N-ethyl adjacent to an activating group) is 1. The molecule has 5 rings (SSSR count). The summed E-state index contributed by atoms with van der Waals surface area (Å²) in [5.74, 6) is 2.03. The molecule has 34 heavy (non-hydrogen) atoms. The number of fused-ring (bicyclic) bond motifs is 1. The number of carbonyl (C=O) groups is 1. The average molecular weight is 458 g/mol. The normalized spacial score (nSPS) is 16.3. The van der Waals surface area contributed by atoms with Crippen molar-refractivity contribution in [1.29, 1.82) is 0 Å². The van der Waals surface area contributed by atoms with Gasteiger partial charge in [-0.1, -0.05) is 29.8 Å². The second-order valence-electron chi connectivity index (χ2n) is 9.31. The highest BCUT2D eigenvalue weighted by atomic mass is 16.5. The minimum absolute atomic E-state index is 0.0269. The van der Waals surface area contributed by atoms with Crippen LogP contribution < -0.4 is 9.64 Å². The molecule has 2 aliphatic rings. The summed E-state index contributed by atoms with van der Waals surface area (Å²) in [6, 6.07) is 15.7. The number of benzene rings is 2. The number of hydrogen-bond acceptors (Lipinski definition) is 6. The van der Waals surface area contributed by atoms with Crippen LogP contribution in [0.25, 0.3) is 0 Å². The summed E-state index contributed by atoms with van der Waals surface area (Å²) < 4.78 is 6.34. The topological polar surface area (TPSA) is 61.8 Å². The molecule has 7 heteroatoms. The van der Waals surface area contributed by atoms with Gasteiger partial charge in [0.2, 0.25) is 11.8 Å². The van der Waals surface area contributed by atoms with Crippen molar-refractivity contribution in [1.82, 2.24) is 19.8 Å². The van der Waals surface area contributed by atoms with E-state index < -0.39 is 0 Å². The Hall–Kier alpha value is -3.45. The number of aryl methyl sites for hydroxylation is 2. The van der Waals surface area contributed by atoms with Crippen LogP contribution in [0.1, 0.15) is 32.7 Å². The highest BCUT2D eigenvalue weighted by Gasteiger charge is 2.29. The van der Waals surface area contributed by atoms with E-state index in [4.69, 9.17) is 14.7 Å². The first kappa shape index (κ1) is 22.3. The van der Waals surface area contributed by atoms with Crippen LogP contribution in [0.15, 0.2) is 48.5 Å². The molecule has 0 spiro atoms. The van der Waals surface area contributed by atoms with E-state index in [-0.39, 0.29) is 5.91 Å². The zero-order valence-electron chi connectivity index (χ0n) is 20.1. The third-order valence-electron chi connectivity index (χ3n) is 6.55. The quantitative estimate of drug-likeness (QED) is 0.593. The standard InChI is InChI=1S/C27H31N5O2/c1-19-6-4-8-21(16-19)26(33)32-11-10-24-23(18-32)25(34-22-9-5-7-20(2)17-22)29-27(28-24)31-14-12-30(3)13-15-31/h4-9,16-17H,10-15,18H2,1-3H3. The smallest absolute Gasteiger partial charge is 0.254 e. The number of aromatic nitrogens is 2. The van der Waals surface area contributed by atoms with Crippen molar-refractivity contribution >= 4 is 11.9 Å². The third-order valence-corrected chi connectivity index (χ3v) is 6.55. The summed E-state index contributed by atoms with van der Waals surface area (Å²) in [6.07, 6.45) is 0.681. The van der Waals surface area contributed by atoms with Crippen LogP contribution in [0.5, 0.6) is 11.6 Å². The van der Waals surface area contributed by atoms with Crippen molar-refractivity contribution < 1.29 is 9.53 Å². The van der Waals surface area contributed by atoms with Gasteiger partial charge in [0.15, 0.2) is 0 Å². The molecule has 0 aliphatic carbocycles. The second kappa shape index (κ2) is 9.43. The fourth-order valence-electron chi connectivity index (χ4n) is 4.53. The largest absolute Gasteiger partial charge is 0.438 e. The number of piperazine rings is 1. The Bertz CT molecular complexity index is 1200. The Labute approximate surface area is 201 Å². The summed E-state index contributed by atoms with van der Waals surface area (Å²) in [5, 5.41) is 0. The van der Waals surface area contributed by atoms with Gasteiger partial charge in [0, 0.05) is 44.7 Å². The first-order valence-electron chi connectivity index (χ1n) is 11.9. The van der Waals surface area contributed by atoms with Crippen LogP contribution in [-0.4, -0.2) is 65.4 Å². The fourth-order valence-corrected chi connectivity index (χ4v) is 4.53. The van der Waals surface area contributed by atoms with Crippen molar-refractivity contribution in [3.05, 3.63) is 76.5 Å². The van der Waals surface area contributed by atoms with Gasteiger partial charge in [-0.2, -0.15) is 4.98 Å². The molecule has 1 saturated heterocycles. The fraction of sp³-hybridized carbons (Fsp3) is 0.370. The lowest BCUT2D eigenvalue weighted by Gasteiger charge is -2.34. The van der Waals surface area contributed by atoms with E-state index in [0.29, 0.717) is 36.9 Å². The van der Waals surface area contributed by atoms with Crippen LogP contribution in [0, 0.1) is 13.8 Å². The Morgan fingerprint density at radius 3 is 2.38 bits per heavy atom. The summed E-state index contributed by atoms with van der Waals surface area (Å²) in [6.45, 7) is 8.84. The maximum Gasteiger partial charge on any atom is 0.254 e. The number of rotatable bonds is 4. The Morgan fingerprint density at radius 1 is 0.912 bits per heavy atom. The molecule has 176 valence electrons. The van der Waals surface area contributed by atoms with Gasteiger partial charge in [0.1, 0.15) is 5.75 Å². The number of anilines is 1. The van der Waals surface area contributed by atoms with Gasteiger partial charge in [-0.05, 0) is 50.7 Å². The van der Waals surface area contributed by atoms with Crippen molar-refractivity contribution in [2.75, 3.05) is 44.7 Å². The van der Waals surface area contributed by atoms with Crippen LogP contribution in [0.2, 0.25) is 0 Å². The molecule has 3 heterocycles. The van der Waals surface area contributed by atoms with E-state index in [1.165, 1.54) is 0 Å². The van der Waals surface area contributed by atoms with E-state index in [1.54, 1.807) is 0 Å². The molecule has 7 nitrogen and oxygen atoms in total. The molecule has 0 N–H and O–H groups in total. The summed E-state index contributed by atoms with van der Waals surface area (Å²) in [5.41, 5.74) is 4.77. The van der Waals surface area contributed by atoms with Crippen LogP contribution in [0.4, 0.5) is 5.95 Å². The molecule has 2 aliphatic heterocycles. The second-order valence-corrected chi connectivity index (χ2v) is 9.31. The highest BCUT2D eigenvalue weighted by Crippen LogP contribution is 2.32. The van der Waals surface area contributed by atoms with Gasteiger partial charge >= 0.3 is 0 Å². The molecule has 1 fully saturated rings. The molecule has 0 radical (unpaired) electrons. The number of amides is 1. The summed E-state index contributed by atoms with van der Waals surface area (Å²) in [7, 11) is 2.14. The van der Waals surface area contributed by atoms with E-state index in [9.17, 15) is 4.79 Å². The zero-order valence-corrected chi connectivity index (χ0v) is 20.1. The van der Waals surface area contributed by atoms with Gasteiger partial charge < -0.3 is 19.4 Å². The molecule has 1 aromatic heterocycles. The van der Waals surface area contributed by atoms with E-state index in [0.717, 1.165) is 54.3 Å². The van der Waals surface area contributed by atoms with Crippen LogP contribution >= 0.6 is 0 Å². The molecule has 3 aromatic rings. The van der Waals surface area contributed by atoms with Crippen molar-refractivity contribution in [2.45, 2.75) is 26.8 Å². The lowest BCUT2D eigenvalue weighted by molar-refractivity contribution is 0.0732.